The molecule has 0 unspecified atom stereocenters. The van der Waals surface area contributed by atoms with Crippen molar-refractivity contribution in [1.29, 1.82) is 0 Å². The number of rotatable bonds is 8. The summed E-state index contributed by atoms with van der Waals surface area (Å²) in [4.78, 5) is -0.352. The minimum Gasteiger partial charge on any atom is -0.375 e. The van der Waals surface area contributed by atoms with Gasteiger partial charge in [-0.1, -0.05) is 6.07 Å². The van der Waals surface area contributed by atoms with Gasteiger partial charge >= 0.3 is 0 Å². The summed E-state index contributed by atoms with van der Waals surface area (Å²) in [6, 6.07) is 4.08. The lowest BCUT2D eigenvalue weighted by Gasteiger charge is -2.24. The zero-order valence-corrected chi connectivity index (χ0v) is 13.7. The molecule has 0 amide bonds. The van der Waals surface area contributed by atoms with E-state index in [1.165, 1.54) is 12.1 Å². The maximum absolute atomic E-state index is 14.0. The van der Waals surface area contributed by atoms with Crippen LogP contribution in [0, 0.1) is 5.82 Å². The molecule has 2 N–H and O–H groups in total. The standard InChI is InChI=1S/C14H23FN2O3S/c1-5-20-14(2,3)10-17-21(18,19)13-7-6-11(9-16-4)8-12(13)15/h6-8,16-17H,5,9-10H2,1-4H3. The van der Waals surface area contributed by atoms with Gasteiger partial charge in [0.2, 0.25) is 10.0 Å². The lowest BCUT2D eigenvalue weighted by Crippen LogP contribution is -2.40. The van der Waals surface area contributed by atoms with Crippen molar-refractivity contribution in [3.63, 3.8) is 0 Å². The van der Waals surface area contributed by atoms with Gasteiger partial charge in [-0.25, -0.2) is 17.5 Å². The molecule has 7 heteroatoms. The smallest absolute Gasteiger partial charge is 0.243 e. The first-order valence-electron chi connectivity index (χ1n) is 6.78. The van der Waals surface area contributed by atoms with Crippen LogP contribution in [0.1, 0.15) is 26.3 Å². The summed E-state index contributed by atoms with van der Waals surface area (Å²) in [5, 5.41) is 2.88. The van der Waals surface area contributed by atoms with Gasteiger partial charge in [-0.2, -0.15) is 0 Å². The molecular weight excluding hydrogens is 295 g/mol. The zero-order chi connectivity index (χ0) is 16.1. The second-order valence-electron chi connectivity index (χ2n) is 5.31. The molecule has 120 valence electrons. The minimum absolute atomic E-state index is 0.0703. The van der Waals surface area contributed by atoms with E-state index in [9.17, 15) is 12.8 Å². The largest absolute Gasteiger partial charge is 0.375 e. The van der Waals surface area contributed by atoms with Gasteiger partial charge in [-0.3, -0.25) is 0 Å². The van der Waals surface area contributed by atoms with Crippen molar-refractivity contribution < 1.29 is 17.5 Å². The number of benzene rings is 1. The highest BCUT2D eigenvalue weighted by Gasteiger charge is 2.24. The maximum Gasteiger partial charge on any atom is 0.243 e. The van der Waals surface area contributed by atoms with Crippen molar-refractivity contribution in [2.75, 3.05) is 20.2 Å². The Labute approximate surface area is 125 Å². The molecule has 0 atom stereocenters. The van der Waals surface area contributed by atoms with Gasteiger partial charge in [0, 0.05) is 19.7 Å². The fourth-order valence-corrected chi connectivity index (χ4v) is 3.12. The summed E-state index contributed by atoms with van der Waals surface area (Å²) >= 11 is 0. The molecule has 0 saturated carbocycles. The highest BCUT2D eigenvalue weighted by atomic mass is 32.2. The Bertz CT molecular complexity index is 574. The molecule has 0 radical (unpaired) electrons. The molecule has 0 aliphatic heterocycles. The normalized spacial score (nSPS) is 12.6. The molecule has 1 rings (SSSR count). The van der Waals surface area contributed by atoms with E-state index in [0.29, 0.717) is 18.7 Å². The topological polar surface area (TPSA) is 67.4 Å². The molecule has 0 bridgehead atoms. The number of nitrogens with one attached hydrogen (secondary N) is 2. The van der Waals surface area contributed by atoms with Gasteiger partial charge in [-0.05, 0) is 45.5 Å². The molecule has 0 aliphatic carbocycles. The molecule has 0 spiro atoms. The van der Waals surface area contributed by atoms with Crippen molar-refractivity contribution in [2.24, 2.45) is 0 Å². The second-order valence-corrected chi connectivity index (χ2v) is 7.05. The molecule has 0 heterocycles. The van der Waals surface area contributed by atoms with Crippen molar-refractivity contribution >= 4 is 10.0 Å². The van der Waals surface area contributed by atoms with E-state index < -0.39 is 21.4 Å². The Balaban J connectivity index is 2.88. The lowest BCUT2D eigenvalue weighted by atomic mass is 10.1. The predicted octanol–water partition coefficient (Wildman–Crippen LogP) is 1.64. The van der Waals surface area contributed by atoms with E-state index in [2.05, 4.69) is 10.0 Å². The fraction of sp³-hybridized carbons (Fsp3) is 0.571. The van der Waals surface area contributed by atoms with Crippen molar-refractivity contribution in [1.82, 2.24) is 10.0 Å². The van der Waals surface area contributed by atoms with Gasteiger partial charge in [0.15, 0.2) is 0 Å². The average Bonchev–Trinajstić information content (AvgIpc) is 2.37. The summed E-state index contributed by atoms with van der Waals surface area (Å²) in [7, 11) is -2.16. The number of hydrogen-bond acceptors (Lipinski definition) is 4. The molecular formula is C14H23FN2O3S. The zero-order valence-electron chi connectivity index (χ0n) is 12.9. The molecule has 0 fully saturated rings. The number of halogens is 1. The number of sulfonamides is 1. The van der Waals surface area contributed by atoms with Crippen molar-refractivity contribution in [3.05, 3.63) is 29.6 Å². The Morgan fingerprint density at radius 2 is 2.00 bits per heavy atom. The van der Waals surface area contributed by atoms with Crippen molar-refractivity contribution in [3.8, 4) is 0 Å². The van der Waals surface area contributed by atoms with Crippen LogP contribution >= 0.6 is 0 Å². The quantitative estimate of drug-likeness (QED) is 0.765. The molecule has 21 heavy (non-hydrogen) atoms. The van der Waals surface area contributed by atoms with E-state index in [4.69, 9.17) is 4.74 Å². The Kier molecular flexibility index (Phi) is 6.27. The maximum atomic E-state index is 14.0. The molecule has 0 saturated heterocycles. The van der Waals surface area contributed by atoms with Gasteiger partial charge in [-0.15, -0.1) is 0 Å². The number of hydrogen-bond donors (Lipinski definition) is 2. The Morgan fingerprint density at radius 1 is 1.33 bits per heavy atom. The first kappa shape index (κ1) is 18.0. The van der Waals surface area contributed by atoms with Crippen LogP contribution in [-0.2, 0) is 21.3 Å². The van der Waals surface area contributed by atoms with E-state index in [-0.39, 0.29) is 11.4 Å². The molecule has 0 aromatic heterocycles. The molecule has 1 aromatic carbocycles. The van der Waals surface area contributed by atoms with E-state index >= 15 is 0 Å². The van der Waals surface area contributed by atoms with Crippen LogP contribution in [0.2, 0.25) is 0 Å². The van der Waals surface area contributed by atoms with E-state index in [1.807, 2.05) is 6.92 Å². The fourth-order valence-electron chi connectivity index (χ4n) is 1.86. The summed E-state index contributed by atoms with van der Waals surface area (Å²) in [5.41, 5.74) is 0.0354. The minimum atomic E-state index is -3.90. The average molecular weight is 318 g/mol. The van der Waals surface area contributed by atoms with Crippen LogP contribution in [0.15, 0.2) is 23.1 Å². The summed E-state index contributed by atoms with van der Waals surface area (Å²) in [6.45, 7) is 6.39. The predicted molar refractivity (Wildman–Crippen MR) is 80.1 cm³/mol. The highest BCUT2D eigenvalue weighted by Crippen LogP contribution is 2.17. The Morgan fingerprint density at radius 3 is 2.52 bits per heavy atom. The molecule has 5 nitrogen and oxygen atoms in total. The van der Waals surface area contributed by atoms with Crippen LogP contribution in [0.4, 0.5) is 4.39 Å². The van der Waals surface area contributed by atoms with E-state index in [1.54, 1.807) is 27.0 Å². The van der Waals surface area contributed by atoms with Crippen LogP contribution < -0.4 is 10.0 Å². The van der Waals surface area contributed by atoms with Gasteiger partial charge in [0.25, 0.3) is 0 Å². The molecule has 0 aliphatic rings. The van der Waals surface area contributed by atoms with Gasteiger partial charge in [0.1, 0.15) is 10.7 Å². The summed E-state index contributed by atoms with van der Waals surface area (Å²) in [6.07, 6.45) is 0. The monoisotopic (exact) mass is 318 g/mol. The van der Waals surface area contributed by atoms with Gasteiger partial charge < -0.3 is 10.1 Å². The number of ether oxygens (including phenoxy) is 1. The first-order valence-corrected chi connectivity index (χ1v) is 8.27. The summed E-state index contributed by atoms with van der Waals surface area (Å²) in [5.74, 6) is -0.760. The highest BCUT2D eigenvalue weighted by molar-refractivity contribution is 7.89. The third kappa shape index (κ3) is 5.35. The third-order valence-corrected chi connectivity index (χ3v) is 4.32. The first-order chi connectivity index (χ1) is 9.72. The van der Waals surface area contributed by atoms with Crippen LogP contribution in [0.3, 0.4) is 0 Å². The van der Waals surface area contributed by atoms with E-state index in [0.717, 1.165) is 0 Å². The third-order valence-electron chi connectivity index (χ3n) is 2.89. The van der Waals surface area contributed by atoms with Crippen LogP contribution in [0.25, 0.3) is 0 Å². The van der Waals surface area contributed by atoms with Crippen molar-refractivity contribution in [2.45, 2.75) is 37.8 Å². The molecule has 1 aromatic rings. The Hall–Kier alpha value is -1.02. The SMILES string of the molecule is CCOC(C)(C)CNS(=O)(=O)c1ccc(CNC)cc1F. The lowest BCUT2D eigenvalue weighted by molar-refractivity contribution is -0.00516. The van der Waals surface area contributed by atoms with Gasteiger partial charge in [0.05, 0.1) is 5.60 Å². The summed E-state index contributed by atoms with van der Waals surface area (Å²) < 4.78 is 46.1. The van der Waals surface area contributed by atoms with Crippen LogP contribution in [-0.4, -0.2) is 34.2 Å². The second kappa shape index (κ2) is 7.31. The van der Waals surface area contributed by atoms with Crippen LogP contribution in [0.5, 0.6) is 0 Å².